The highest BCUT2D eigenvalue weighted by atomic mass is 16.5. The van der Waals surface area contributed by atoms with Crippen molar-refractivity contribution in [3.8, 4) is 11.5 Å². The van der Waals surface area contributed by atoms with E-state index in [2.05, 4.69) is 5.32 Å². The SMILES string of the molecule is CCCOC(=O)c1cccc(NC(=O)C(C)Oc2ccc(OCC)cc2)c1. The molecular weight excluding hydrogens is 346 g/mol. The largest absolute Gasteiger partial charge is 0.494 e. The predicted molar refractivity (Wildman–Crippen MR) is 103 cm³/mol. The van der Waals surface area contributed by atoms with Crippen molar-refractivity contribution >= 4 is 17.6 Å². The smallest absolute Gasteiger partial charge is 0.338 e. The minimum atomic E-state index is -0.710. The summed E-state index contributed by atoms with van der Waals surface area (Å²) in [4.78, 5) is 24.3. The quantitative estimate of drug-likeness (QED) is 0.673. The standard InChI is InChI=1S/C21H25NO5/c1-4-13-26-21(24)16-7-6-8-17(14-16)22-20(23)15(3)27-19-11-9-18(10-12-19)25-5-2/h6-12,14-15H,4-5,13H2,1-3H3,(H,22,23). The molecule has 144 valence electrons. The highest BCUT2D eigenvalue weighted by Gasteiger charge is 2.16. The van der Waals surface area contributed by atoms with Gasteiger partial charge in [-0.1, -0.05) is 13.0 Å². The van der Waals surface area contributed by atoms with Crippen LogP contribution in [0.5, 0.6) is 11.5 Å². The molecule has 0 aliphatic carbocycles. The van der Waals surface area contributed by atoms with Gasteiger partial charge in [-0.2, -0.15) is 0 Å². The number of benzene rings is 2. The zero-order valence-electron chi connectivity index (χ0n) is 15.9. The van der Waals surface area contributed by atoms with Crippen molar-refractivity contribution in [3.63, 3.8) is 0 Å². The lowest BCUT2D eigenvalue weighted by molar-refractivity contribution is -0.122. The molecule has 1 atom stereocenters. The fraction of sp³-hybridized carbons (Fsp3) is 0.333. The van der Waals surface area contributed by atoms with Crippen molar-refractivity contribution in [1.29, 1.82) is 0 Å². The van der Waals surface area contributed by atoms with Crippen LogP contribution in [0.3, 0.4) is 0 Å². The number of anilines is 1. The maximum Gasteiger partial charge on any atom is 0.338 e. The molecule has 1 N–H and O–H groups in total. The Balaban J connectivity index is 1.94. The van der Waals surface area contributed by atoms with Crippen LogP contribution in [-0.4, -0.2) is 31.2 Å². The molecular formula is C21H25NO5. The van der Waals surface area contributed by atoms with Gasteiger partial charge in [0, 0.05) is 5.69 Å². The Hall–Kier alpha value is -3.02. The second-order valence-corrected chi connectivity index (χ2v) is 5.87. The van der Waals surface area contributed by atoms with Gasteiger partial charge in [0.1, 0.15) is 11.5 Å². The number of hydrogen-bond acceptors (Lipinski definition) is 5. The van der Waals surface area contributed by atoms with Crippen molar-refractivity contribution in [3.05, 3.63) is 54.1 Å². The van der Waals surface area contributed by atoms with Crippen LogP contribution >= 0.6 is 0 Å². The first kappa shape index (κ1) is 20.3. The third-order valence-electron chi connectivity index (χ3n) is 3.62. The van der Waals surface area contributed by atoms with Crippen LogP contribution in [0.2, 0.25) is 0 Å². The highest BCUT2D eigenvalue weighted by Crippen LogP contribution is 2.19. The van der Waals surface area contributed by atoms with Gasteiger partial charge in [-0.3, -0.25) is 4.79 Å². The van der Waals surface area contributed by atoms with Gasteiger partial charge < -0.3 is 19.5 Å². The number of amides is 1. The summed E-state index contributed by atoms with van der Waals surface area (Å²) in [6.45, 7) is 6.45. The molecule has 2 rings (SSSR count). The summed E-state index contributed by atoms with van der Waals surface area (Å²) < 4.78 is 16.1. The Morgan fingerprint density at radius 1 is 1.04 bits per heavy atom. The predicted octanol–water partition coefficient (Wildman–Crippen LogP) is 4.06. The molecule has 0 bridgehead atoms. The molecule has 0 fully saturated rings. The van der Waals surface area contributed by atoms with Gasteiger partial charge in [0.15, 0.2) is 6.10 Å². The average molecular weight is 371 g/mol. The molecule has 2 aromatic rings. The highest BCUT2D eigenvalue weighted by molar-refractivity contribution is 5.96. The average Bonchev–Trinajstić information content (AvgIpc) is 2.68. The number of esters is 1. The second-order valence-electron chi connectivity index (χ2n) is 5.87. The summed E-state index contributed by atoms with van der Waals surface area (Å²) in [7, 11) is 0. The van der Waals surface area contributed by atoms with Gasteiger partial charge in [0.05, 0.1) is 18.8 Å². The van der Waals surface area contributed by atoms with Crippen molar-refractivity contribution in [2.75, 3.05) is 18.5 Å². The summed E-state index contributed by atoms with van der Waals surface area (Å²) in [5.41, 5.74) is 0.898. The normalized spacial score (nSPS) is 11.4. The van der Waals surface area contributed by atoms with Gasteiger partial charge >= 0.3 is 5.97 Å². The molecule has 0 saturated heterocycles. The Labute approximate surface area is 159 Å². The van der Waals surface area contributed by atoms with Gasteiger partial charge in [-0.05, 0) is 62.7 Å². The lowest BCUT2D eigenvalue weighted by Crippen LogP contribution is -2.30. The maximum atomic E-state index is 12.4. The van der Waals surface area contributed by atoms with E-state index in [-0.39, 0.29) is 5.91 Å². The summed E-state index contributed by atoms with van der Waals surface area (Å²) in [6.07, 6.45) is 0.0430. The molecule has 0 saturated carbocycles. The van der Waals surface area contributed by atoms with E-state index in [1.807, 2.05) is 13.8 Å². The molecule has 0 aromatic heterocycles. The Morgan fingerprint density at radius 2 is 1.74 bits per heavy atom. The fourth-order valence-electron chi connectivity index (χ4n) is 2.28. The summed E-state index contributed by atoms with van der Waals surface area (Å²) >= 11 is 0. The van der Waals surface area contributed by atoms with Gasteiger partial charge in [0.25, 0.3) is 5.91 Å². The fourth-order valence-corrected chi connectivity index (χ4v) is 2.28. The van der Waals surface area contributed by atoms with Crippen molar-refractivity contribution in [1.82, 2.24) is 0 Å². The molecule has 6 heteroatoms. The van der Waals surface area contributed by atoms with E-state index < -0.39 is 12.1 Å². The number of ether oxygens (including phenoxy) is 3. The lowest BCUT2D eigenvalue weighted by Gasteiger charge is -2.15. The maximum absolute atomic E-state index is 12.4. The molecule has 0 heterocycles. The van der Waals surface area contributed by atoms with Gasteiger partial charge in [-0.25, -0.2) is 4.79 Å². The number of hydrogen-bond donors (Lipinski definition) is 1. The van der Waals surface area contributed by atoms with Crippen LogP contribution in [0.25, 0.3) is 0 Å². The van der Waals surface area contributed by atoms with Crippen LogP contribution < -0.4 is 14.8 Å². The van der Waals surface area contributed by atoms with E-state index >= 15 is 0 Å². The van der Waals surface area contributed by atoms with E-state index in [9.17, 15) is 9.59 Å². The number of nitrogens with one attached hydrogen (secondary N) is 1. The molecule has 0 aliphatic rings. The van der Waals surface area contributed by atoms with Crippen LogP contribution in [0.4, 0.5) is 5.69 Å². The first-order valence-electron chi connectivity index (χ1n) is 9.01. The Bertz CT molecular complexity index is 757. The lowest BCUT2D eigenvalue weighted by atomic mass is 10.2. The van der Waals surface area contributed by atoms with Gasteiger partial charge in [-0.15, -0.1) is 0 Å². The van der Waals surface area contributed by atoms with Crippen molar-refractivity contribution in [2.24, 2.45) is 0 Å². The van der Waals surface area contributed by atoms with E-state index in [1.54, 1.807) is 55.5 Å². The number of carbonyl (C=O) groups is 2. The van der Waals surface area contributed by atoms with E-state index in [4.69, 9.17) is 14.2 Å². The minimum Gasteiger partial charge on any atom is -0.494 e. The summed E-state index contributed by atoms with van der Waals surface area (Å²) in [5, 5.41) is 2.75. The summed E-state index contributed by atoms with van der Waals surface area (Å²) in [5.74, 6) is 0.585. The number of rotatable bonds is 9. The molecule has 0 radical (unpaired) electrons. The van der Waals surface area contributed by atoms with Crippen LogP contribution in [-0.2, 0) is 9.53 Å². The molecule has 1 unspecified atom stereocenters. The van der Waals surface area contributed by atoms with Crippen LogP contribution in [0.1, 0.15) is 37.6 Å². The zero-order valence-corrected chi connectivity index (χ0v) is 15.9. The van der Waals surface area contributed by atoms with Crippen molar-refractivity contribution < 1.29 is 23.8 Å². The third-order valence-corrected chi connectivity index (χ3v) is 3.62. The minimum absolute atomic E-state index is 0.317. The van der Waals surface area contributed by atoms with E-state index in [0.29, 0.717) is 30.2 Å². The molecule has 6 nitrogen and oxygen atoms in total. The molecule has 27 heavy (non-hydrogen) atoms. The molecule has 1 amide bonds. The Kier molecular flexibility index (Phi) is 7.67. The second kappa shape index (κ2) is 10.2. The van der Waals surface area contributed by atoms with E-state index in [1.165, 1.54) is 0 Å². The molecule has 2 aromatic carbocycles. The van der Waals surface area contributed by atoms with E-state index in [0.717, 1.165) is 12.2 Å². The third kappa shape index (κ3) is 6.33. The van der Waals surface area contributed by atoms with Crippen molar-refractivity contribution in [2.45, 2.75) is 33.3 Å². The first-order valence-corrected chi connectivity index (χ1v) is 9.01. The summed E-state index contributed by atoms with van der Waals surface area (Å²) in [6, 6.07) is 13.7. The molecule has 0 aliphatic heterocycles. The van der Waals surface area contributed by atoms with Crippen LogP contribution in [0, 0.1) is 0 Å². The monoisotopic (exact) mass is 371 g/mol. The molecule has 0 spiro atoms. The van der Waals surface area contributed by atoms with Gasteiger partial charge in [0.2, 0.25) is 0 Å². The Morgan fingerprint density at radius 3 is 2.41 bits per heavy atom. The van der Waals surface area contributed by atoms with Crippen LogP contribution in [0.15, 0.2) is 48.5 Å². The topological polar surface area (TPSA) is 73.9 Å². The zero-order chi connectivity index (χ0) is 19.6. The number of carbonyl (C=O) groups excluding carboxylic acids is 2. The first-order chi connectivity index (χ1) is 13.0.